The Balaban J connectivity index is 1.55. The van der Waals surface area contributed by atoms with Crippen LogP contribution < -0.4 is 4.90 Å². The van der Waals surface area contributed by atoms with Crippen LogP contribution in [0.3, 0.4) is 0 Å². The summed E-state index contributed by atoms with van der Waals surface area (Å²) in [5.41, 5.74) is -1.94. The van der Waals surface area contributed by atoms with E-state index in [1.807, 2.05) is 0 Å². The van der Waals surface area contributed by atoms with Crippen molar-refractivity contribution >= 4 is 64.1 Å². The van der Waals surface area contributed by atoms with Gasteiger partial charge in [-0.2, -0.15) is 13.2 Å². The first-order valence-corrected chi connectivity index (χ1v) is 11.1. The van der Waals surface area contributed by atoms with Crippen LogP contribution in [-0.4, -0.2) is 30.2 Å². The van der Waals surface area contributed by atoms with Gasteiger partial charge in [-0.1, -0.05) is 34.8 Å². The number of alkyl halides is 3. The number of halogens is 6. The van der Waals surface area contributed by atoms with E-state index in [0.717, 1.165) is 24.3 Å². The SMILES string of the molecule is O=C(COC(=O)c1ccc2c(c1)C(=O)N(c1cc(C(F)(F)F)ccc1Cl)C2=O)c1ccc(Cl)c(Cl)c1. The molecular weight excluding hydrogens is 546 g/mol. The second-order valence-electron chi connectivity index (χ2n) is 7.50. The van der Waals surface area contributed by atoms with Crippen LogP contribution in [0.25, 0.3) is 0 Å². The maximum atomic E-state index is 13.1. The van der Waals surface area contributed by atoms with Crippen molar-refractivity contribution < 1.29 is 37.1 Å². The van der Waals surface area contributed by atoms with Gasteiger partial charge >= 0.3 is 12.1 Å². The summed E-state index contributed by atoms with van der Waals surface area (Å²) in [6.07, 6.45) is -4.73. The molecule has 2 amide bonds. The van der Waals surface area contributed by atoms with Gasteiger partial charge in [0, 0.05) is 5.56 Å². The van der Waals surface area contributed by atoms with Crippen molar-refractivity contribution in [3.05, 3.63) is 97.5 Å². The molecule has 1 aliphatic rings. The number of carbonyl (C=O) groups is 4. The van der Waals surface area contributed by atoms with Gasteiger partial charge in [0.2, 0.25) is 0 Å². The summed E-state index contributed by atoms with van der Waals surface area (Å²) < 4.78 is 44.4. The van der Waals surface area contributed by atoms with Gasteiger partial charge in [0.1, 0.15) is 0 Å². The fourth-order valence-corrected chi connectivity index (χ4v) is 3.91. The maximum absolute atomic E-state index is 13.1. The van der Waals surface area contributed by atoms with E-state index in [4.69, 9.17) is 39.5 Å². The molecule has 184 valence electrons. The van der Waals surface area contributed by atoms with Crippen molar-refractivity contribution in [2.45, 2.75) is 6.18 Å². The van der Waals surface area contributed by atoms with E-state index in [9.17, 15) is 32.3 Å². The molecular formula is C24H11Cl3F3NO5. The van der Waals surface area contributed by atoms with Crippen LogP contribution in [-0.2, 0) is 10.9 Å². The van der Waals surface area contributed by atoms with Gasteiger partial charge in [-0.25, -0.2) is 9.69 Å². The Morgan fingerprint density at radius 1 is 0.778 bits per heavy atom. The predicted molar refractivity (Wildman–Crippen MR) is 125 cm³/mol. The van der Waals surface area contributed by atoms with E-state index in [-0.39, 0.29) is 37.3 Å². The Labute approximate surface area is 216 Å². The zero-order valence-electron chi connectivity index (χ0n) is 17.7. The van der Waals surface area contributed by atoms with Gasteiger partial charge in [0.05, 0.1) is 43.0 Å². The van der Waals surface area contributed by atoms with E-state index >= 15 is 0 Å². The second-order valence-corrected chi connectivity index (χ2v) is 8.72. The molecule has 0 unspecified atom stereocenters. The first-order valence-electron chi connectivity index (χ1n) is 9.93. The molecule has 0 fully saturated rings. The number of benzene rings is 3. The van der Waals surface area contributed by atoms with Crippen LogP contribution in [0, 0.1) is 0 Å². The van der Waals surface area contributed by atoms with Crippen LogP contribution >= 0.6 is 34.8 Å². The minimum atomic E-state index is -4.73. The van der Waals surface area contributed by atoms with E-state index in [0.29, 0.717) is 11.0 Å². The highest BCUT2D eigenvalue weighted by atomic mass is 35.5. The van der Waals surface area contributed by atoms with Crippen LogP contribution in [0.1, 0.15) is 47.0 Å². The standard InChI is InChI=1S/C24H11Cl3F3NO5/c25-16-5-2-11(8-18(16)27)20(32)10-36-23(35)12-1-4-14-15(7-12)22(34)31(21(14)33)19-9-13(24(28,29)30)3-6-17(19)26/h1-9H,10H2. The van der Waals surface area contributed by atoms with E-state index in [1.54, 1.807) is 0 Å². The minimum absolute atomic E-state index is 0.140. The average Bonchev–Trinajstić information content (AvgIpc) is 3.08. The molecule has 3 aromatic carbocycles. The Bertz CT molecular complexity index is 1460. The van der Waals surface area contributed by atoms with Gasteiger partial charge in [-0.3, -0.25) is 14.4 Å². The third-order valence-electron chi connectivity index (χ3n) is 5.21. The number of ether oxygens (including phenoxy) is 1. The van der Waals surface area contributed by atoms with Gasteiger partial charge < -0.3 is 4.74 Å². The lowest BCUT2D eigenvalue weighted by Crippen LogP contribution is -2.30. The number of nitrogens with zero attached hydrogens (tertiary/aromatic N) is 1. The van der Waals surface area contributed by atoms with Crippen molar-refractivity contribution in [1.82, 2.24) is 0 Å². The molecule has 1 aliphatic heterocycles. The van der Waals surface area contributed by atoms with Gasteiger partial charge in [-0.15, -0.1) is 0 Å². The molecule has 1 heterocycles. The molecule has 0 spiro atoms. The van der Waals surface area contributed by atoms with E-state index in [1.165, 1.54) is 24.3 Å². The first-order chi connectivity index (χ1) is 16.9. The second kappa shape index (κ2) is 9.57. The number of Topliss-reactive ketones (excluding diaryl/α,β-unsaturated/α-hetero) is 1. The van der Waals surface area contributed by atoms with Gasteiger partial charge in [-0.05, 0) is 54.6 Å². The number of fused-ring (bicyclic) bond motifs is 1. The lowest BCUT2D eigenvalue weighted by Gasteiger charge is -2.17. The number of hydrogen-bond acceptors (Lipinski definition) is 5. The number of anilines is 1. The Morgan fingerprint density at radius 2 is 1.42 bits per heavy atom. The van der Waals surface area contributed by atoms with Crippen molar-refractivity contribution in [3.63, 3.8) is 0 Å². The molecule has 0 saturated carbocycles. The number of imide groups is 1. The summed E-state index contributed by atoms with van der Waals surface area (Å²) in [6, 6.07) is 9.77. The molecule has 0 N–H and O–H groups in total. The van der Waals surface area contributed by atoms with Crippen LogP contribution in [0.2, 0.25) is 15.1 Å². The van der Waals surface area contributed by atoms with Gasteiger partial charge in [0.15, 0.2) is 12.4 Å². The summed E-state index contributed by atoms with van der Waals surface area (Å²) in [4.78, 5) is 51.0. The minimum Gasteiger partial charge on any atom is -0.454 e. The molecule has 12 heteroatoms. The third-order valence-corrected chi connectivity index (χ3v) is 6.27. The molecule has 36 heavy (non-hydrogen) atoms. The maximum Gasteiger partial charge on any atom is 0.416 e. The highest BCUT2D eigenvalue weighted by Crippen LogP contribution is 2.38. The number of amides is 2. The van der Waals surface area contributed by atoms with Crippen molar-refractivity contribution in [2.75, 3.05) is 11.5 Å². The predicted octanol–water partition coefficient (Wildman–Crippen LogP) is 6.51. The highest BCUT2D eigenvalue weighted by Gasteiger charge is 2.40. The molecule has 0 saturated heterocycles. The van der Waals surface area contributed by atoms with Crippen molar-refractivity contribution in [3.8, 4) is 0 Å². The summed E-state index contributed by atoms with van der Waals surface area (Å²) in [5.74, 6) is -3.43. The smallest absolute Gasteiger partial charge is 0.416 e. The fraction of sp³-hybridized carbons (Fsp3) is 0.0833. The molecule has 0 atom stereocenters. The lowest BCUT2D eigenvalue weighted by molar-refractivity contribution is -0.137. The number of ketones is 1. The van der Waals surface area contributed by atoms with Crippen molar-refractivity contribution in [1.29, 1.82) is 0 Å². The largest absolute Gasteiger partial charge is 0.454 e. The zero-order valence-corrected chi connectivity index (χ0v) is 19.9. The number of esters is 1. The fourth-order valence-electron chi connectivity index (χ4n) is 3.41. The summed E-state index contributed by atoms with van der Waals surface area (Å²) >= 11 is 17.7. The molecule has 3 aromatic rings. The Morgan fingerprint density at radius 3 is 2.08 bits per heavy atom. The molecule has 0 bridgehead atoms. The molecule has 4 rings (SSSR count). The first kappa shape index (κ1) is 25.7. The van der Waals surface area contributed by atoms with E-state index < -0.39 is 47.6 Å². The van der Waals surface area contributed by atoms with Gasteiger partial charge in [0.25, 0.3) is 11.8 Å². The zero-order chi connectivity index (χ0) is 26.4. The van der Waals surface area contributed by atoms with Crippen LogP contribution in [0.5, 0.6) is 0 Å². The number of hydrogen-bond donors (Lipinski definition) is 0. The quantitative estimate of drug-likeness (QED) is 0.203. The third kappa shape index (κ3) is 4.82. The Hall–Kier alpha value is -3.40. The summed E-state index contributed by atoms with van der Waals surface area (Å²) in [5, 5.41) is 0.127. The van der Waals surface area contributed by atoms with E-state index in [2.05, 4.69) is 0 Å². The molecule has 0 radical (unpaired) electrons. The molecule has 0 aliphatic carbocycles. The lowest BCUT2D eigenvalue weighted by atomic mass is 10.1. The van der Waals surface area contributed by atoms with Crippen LogP contribution in [0.4, 0.5) is 18.9 Å². The number of rotatable bonds is 5. The van der Waals surface area contributed by atoms with Crippen molar-refractivity contribution in [2.24, 2.45) is 0 Å². The molecule has 6 nitrogen and oxygen atoms in total. The average molecular weight is 557 g/mol. The van der Waals surface area contributed by atoms with Crippen LogP contribution in [0.15, 0.2) is 54.6 Å². The summed E-state index contributed by atoms with van der Waals surface area (Å²) in [6.45, 7) is -0.646. The highest BCUT2D eigenvalue weighted by molar-refractivity contribution is 6.42. The Kier molecular flexibility index (Phi) is 6.83. The normalized spacial score (nSPS) is 13.1. The monoisotopic (exact) mass is 555 g/mol. The summed E-state index contributed by atoms with van der Waals surface area (Å²) in [7, 11) is 0. The topological polar surface area (TPSA) is 80.8 Å². The number of carbonyl (C=O) groups excluding carboxylic acids is 4. The molecule has 0 aromatic heterocycles.